The van der Waals surface area contributed by atoms with Crippen LogP contribution in [0.4, 0.5) is 10.7 Å². The molecule has 9 heteroatoms. The zero-order valence-electron chi connectivity index (χ0n) is 10.5. The van der Waals surface area contributed by atoms with Gasteiger partial charge in [-0.05, 0) is 32.6 Å². The maximum Gasteiger partial charge on any atom is 0.304 e. The molecule has 1 aliphatic rings. The Kier molecular flexibility index (Phi) is 3.31. The van der Waals surface area contributed by atoms with Crippen molar-refractivity contribution in [1.82, 2.24) is 4.72 Å². The summed E-state index contributed by atoms with van der Waals surface area (Å²) < 4.78 is 26.9. The van der Waals surface area contributed by atoms with Crippen molar-refractivity contribution in [3.8, 4) is 0 Å². The van der Waals surface area contributed by atoms with Crippen LogP contribution in [-0.4, -0.2) is 18.9 Å². The molecule has 7 nitrogen and oxygen atoms in total. The molecule has 106 valence electrons. The van der Waals surface area contributed by atoms with Gasteiger partial charge in [-0.15, -0.1) is 0 Å². The molecule has 0 bridgehead atoms. The summed E-state index contributed by atoms with van der Waals surface area (Å²) in [5.74, 6) is 0.314. The molecule has 1 saturated carbocycles. The van der Waals surface area contributed by atoms with Crippen LogP contribution in [0.15, 0.2) is 10.3 Å². The number of rotatable bonds is 5. The van der Waals surface area contributed by atoms with E-state index in [1.807, 2.05) is 13.8 Å². The predicted octanol–water partition coefficient (Wildman–Crippen LogP) is 1.71. The molecule has 0 aliphatic heterocycles. The Morgan fingerprint density at radius 1 is 1.53 bits per heavy atom. The second-order valence-corrected chi connectivity index (χ2v) is 8.17. The summed E-state index contributed by atoms with van der Waals surface area (Å²) in [5, 5.41) is 10.6. The van der Waals surface area contributed by atoms with Crippen LogP contribution in [0, 0.1) is 16.0 Å². The first kappa shape index (κ1) is 14.2. The summed E-state index contributed by atoms with van der Waals surface area (Å²) >= 11 is 0.708. The van der Waals surface area contributed by atoms with Crippen LogP contribution in [-0.2, 0) is 10.0 Å². The van der Waals surface area contributed by atoms with Gasteiger partial charge in [-0.1, -0.05) is 11.3 Å². The topological polar surface area (TPSA) is 115 Å². The van der Waals surface area contributed by atoms with Gasteiger partial charge in [0.2, 0.25) is 0 Å². The van der Waals surface area contributed by atoms with E-state index in [1.165, 1.54) is 0 Å². The molecule has 0 radical (unpaired) electrons. The molecule has 0 amide bonds. The van der Waals surface area contributed by atoms with Crippen LogP contribution < -0.4 is 10.5 Å². The third-order valence-electron chi connectivity index (χ3n) is 3.17. The SMILES string of the molecule is CC(C)(NS(=O)(=O)c1cc([N+](=O)[O-])c(N)s1)C1CC1. The Morgan fingerprint density at radius 3 is 2.53 bits per heavy atom. The Balaban J connectivity index is 2.29. The van der Waals surface area contributed by atoms with E-state index in [0.717, 1.165) is 18.9 Å². The van der Waals surface area contributed by atoms with E-state index in [2.05, 4.69) is 4.72 Å². The van der Waals surface area contributed by atoms with E-state index < -0.39 is 20.5 Å². The molecule has 1 aromatic heterocycles. The first-order valence-corrected chi connectivity index (χ1v) is 8.01. The maximum absolute atomic E-state index is 12.2. The monoisotopic (exact) mass is 305 g/mol. The van der Waals surface area contributed by atoms with Crippen LogP contribution in [0.3, 0.4) is 0 Å². The van der Waals surface area contributed by atoms with E-state index >= 15 is 0 Å². The first-order valence-electron chi connectivity index (χ1n) is 5.71. The van der Waals surface area contributed by atoms with E-state index in [4.69, 9.17) is 5.73 Å². The fourth-order valence-corrected chi connectivity index (χ4v) is 4.62. The predicted molar refractivity (Wildman–Crippen MR) is 72.5 cm³/mol. The highest BCUT2D eigenvalue weighted by Gasteiger charge is 2.41. The van der Waals surface area contributed by atoms with Crippen LogP contribution in [0.2, 0.25) is 0 Å². The number of sulfonamides is 1. The minimum Gasteiger partial charge on any atom is -0.385 e. The van der Waals surface area contributed by atoms with Crippen molar-refractivity contribution in [3.05, 3.63) is 16.2 Å². The van der Waals surface area contributed by atoms with Gasteiger partial charge in [0.15, 0.2) is 5.00 Å². The number of nitrogen functional groups attached to an aromatic ring is 1. The van der Waals surface area contributed by atoms with Crippen LogP contribution in [0.1, 0.15) is 26.7 Å². The minimum absolute atomic E-state index is 0.102. The molecule has 0 aromatic carbocycles. The van der Waals surface area contributed by atoms with E-state index in [9.17, 15) is 18.5 Å². The second-order valence-electron chi connectivity index (χ2n) is 5.17. The van der Waals surface area contributed by atoms with Crippen LogP contribution in [0.25, 0.3) is 0 Å². The number of nitrogens with one attached hydrogen (secondary N) is 1. The van der Waals surface area contributed by atoms with Gasteiger partial charge >= 0.3 is 5.69 Å². The highest BCUT2D eigenvalue weighted by molar-refractivity contribution is 7.91. The molecule has 1 aromatic rings. The standard InChI is InChI=1S/C10H15N3O4S2/c1-10(2,6-3-4-6)12-19(16,17)8-5-7(13(14)15)9(11)18-8/h5-6,12H,3-4,11H2,1-2H3. The summed E-state index contributed by atoms with van der Waals surface area (Å²) in [6, 6.07) is 1.01. The highest BCUT2D eigenvalue weighted by Crippen LogP contribution is 2.41. The summed E-state index contributed by atoms with van der Waals surface area (Å²) in [5.41, 5.74) is 4.54. The number of nitro groups is 1. The smallest absolute Gasteiger partial charge is 0.304 e. The zero-order valence-corrected chi connectivity index (χ0v) is 12.2. The zero-order chi connectivity index (χ0) is 14.4. The fraction of sp³-hybridized carbons (Fsp3) is 0.600. The lowest BCUT2D eigenvalue weighted by Gasteiger charge is -2.25. The summed E-state index contributed by atoms with van der Waals surface area (Å²) in [6.45, 7) is 3.63. The van der Waals surface area contributed by atoms with Gasteiger partial charge in [0.1, 0.15) is 4.21 Å². The largest absolute Gasteiger partial charge is 0.385 e. The molecule has 0 spiro atoms. The molecule has 19 heavy (non-hydrogen) atoms. The van der Waals surface area contributed by atoms with Crippen molar-refractivity contribution in [1.29, 1.82) is 0 Å². The number of hydrogen-bond donors (Lipinski definition) is 2. The highest BCUT2D eigenvalue weighted by atomic mass is 32.2. The second kappa shape index (κ2) is 4.43. The molecule has 1 heterocycles. The van der Waals surface area contributed by atoms with Crippen molar-refractivity contribution in [3.63, 3.8) is 0 Å². The van der Waals surface area contributed by atoms with Gasteiger partial charge in [0.05, 0.1) is 4.92 Å². The van der Waals surface area contributed by atoms with Gasteiger partial charge in [0.25, 0.3) is 10.0 Å². The van der Waals surface area contributed by atoms with Gasteiger partial charge in [-0.2, -0.15) is 0 Å². The quantitative estimate of drug-likeness (QED) is 0.634. The first-order chi connectivity index (χ1) is 8.63. The van der Waals surface area contributed by atoms with Crippen molar-refractivity contribution < 1.29 is 13.3 Å². The normalized spacial score (nSPS) is 16.5. The lowest BCUT2D eigenvalue weighted by molar-refractivity contribution is -0.383. The average Bonchev–Trinajstić information content (AvgIpc) is 3.00. The number of nitrogens with two attached hydrogens (primary N) is 1. The summed E-state index contributed by atoms with van der Waals surface area (Å²) in [4.78, 5) is 10.00. The van der Waals surface area contributed by atoms with E-state index in [-0.39, 0.29) is 14.9 Å². The van der Waals surface area contributed by atoms with Crippen LogP contribution in [0.5, 0.6) is 0 Å². The van der Waals surface area contributed by atoms with Crippen molar-refractivity contribution in [2.75, 3.05) is 5.73 Å². The Labute approximate surface area is 115 Å². The van der Waals surface area contributed by atoms with Gasteiger partial charge in [-0.25, -0.2) is 13.1 Å². The number of hydrogen-bond acceptors (Lipinski definition) is 6. The van der Waals surface area contributed by atoms with Gasteiger partial charge in [0, 0.05) is 11.6 Å². The molecule has 0 atom stereocenters. The maximum atomic E-state index is 12.2. The molecule has 1 fully saturated rings. The van der Waals surface area contributed by atoms with Crippen molar-refractivity contribution in [2.24, 2.45) is 5.92 Å². The molecule has 1 aliphatic carbocycles. The lowest BCUT2D eigenvalue weighted by atomic mass is 10.0. The van der Waals surface area contributed by atoms with Crippen molar-refractivity contribution in [2.45, 2.75) is 36.4 Å². The Hall–Kier alpha value is -1.19. The molecule has 3 N–H and O–H groups in total. The summed E-state index contributed by atoms with van der Waals surface area (Å²) in [6.07, 6.45) is 1.98. The fourth-order valence-electron chi connectivity index (χ4n) is 1.93. The molecule has 0 saturated heterocycles. The molecular weight excluding hydrogens is 290 g/mol. The molecular formula is C10H15N3O4S2. The number of nitrogens with zero attached hydrogens (tertiary/aromatic N) is 1. The Morgan fingerprint density at radius 2 is 2.11 bits per heavy atom. The van der Waals surface area contributed by atoms with E-state index in [0.29, 0.717) is 17.3 Å². The van der Waals surface area contributed by atoms with Crippen LogP contribution >= 0.6 is 11.3 Å². The molecule has 0 unspecified atom stereocenters. The van der Waals surface area contributed by atoms with E-state index in [1.54, 1.807) is 0 Å². The number of anilines is 1. The number of thiophene rings is 1. The molecule has 2 rings (SSSR count). The minimum atomic E-state index is -3.77. The Bertz CT molecular complexity index is 617. The van der Waals surface area contributed by atoms with Crippen molar-refractivity contribution >= 4 is 32.0 Å². The third-order valence-corrected chi connectivity index (χ3v) is 6.27. The van der Waals surface area contributed by atoms with Gasteiger partial charge in [-0.3, -0.25) is 10.1 Å². The third kappa shape index (κ3) is 2.88. The lowest BCUT2D eigenvalue weighted by Crippen LogP contribution is -2.44. The van der Waals surface area contributed by atoms with Gasteiger partial charge < -0.3 is 5.73 Å². The average molecular weight is 305 g/mol. The summed E-state index contributed by atoms with van der Waals surface area (Å²) in [7, 11) is -3.77.